The third-order valence-corrected chi connectivity index (χ3v) is 2.20. The quantitative estimate of drug-likeness (QED) is 0.540. The molecule has 1 atom stereocenters. The number of rotatable bonds is 2. The minimum Gasteiger partial charge on any atom is -0.504 e. The molecule has 0 bridgehead atoms. The summed E-state index contributed by atoms with van der Waals surface area (Å²) in [6.07, 6.45) is 0. The summed E-state index contributed by atoms with van der Waals surface area (Å²) >= 11 is 0. The maximum atomic E-state index is 9.25. The highest BCUT2D eigenvalue weighted by Gasteiger charge is 2.15. The first-order valence-corrected chi connectivity index (χ1v) is 4.44. The molecule has 0 spiro atoms. The van der Waals surface area contributed by atoms with Gasteiger partial charge in [0, 0.05) is 6.04 Å². The van der Waals surface area contributed by atoms with Crippen molar-refractivity contribution in [1.82, 2.24) is 0 Å². The minimum atomic E-state index is -0.510. The van der Waals surface area contributed by atoms with Crippen molar-refractivity contribution in [2.24, 2.45) is 11.7 Å². The molecule has 1 unspecified atom stereocenters. The van der Waals surface area contributed by atoms with Gasteiger partial charge in [0.2, 0.25) is 0 Å². The molecule has 14 heavy (non-hydrogen) atoms. The molecule has 0 aliphatic heterocycles. The van der Waals surface area contributed by atoms with Gasteiger partial charge in [-0.1, -0.05) is 13.8 Å². The Morgan fingerprint density at radius 1 is 1.07 bits per heavy atom. The van der Waals surface area contributed by atoms with Crippen molar-refractivity contribution in [3.63, 3.8) is 0 Å². The Morgan fingerprint density at radius 2 is 1.50 bits per heavy atom. The van der Waals surface area contributed by atoms with Crippen molar-refractivity contribution in [2.75, 3.05) is 0 Å². The lowest BCUT2D eigenvalue weighted by molar-refractivity contribution is 0.365. The van der Waals surface area contributed by atoms with Gasteiger partial charge in [0.05, 0.1) is 0 Å². The van der Waals surface area contributed by atoms with Gasteiger partial charge >= 0.3 is 0 Å². The largest absolute Gasteiger partial charge is 0.504 e. The predicted octanol–water partition coefficient (Wildman–Crippen LogP) is 1.46. The molecule has 0 saturated carbocycles. The zero-order chi connectivity index (χ0) is 10.9. The molecule has 0 aliphatic carbocycles. The van der Waals surface area contributed by atoms with E-state index < -0.39 is 5.75 Å². The predicted molar refractivity (Wildman–Crippen MR) is 53.2 cm³/mol. The highest BCUT2D eigenvalue weighted by atomic mass is 16.3. The van der Waals surface area contributed by atoms with Crippen LogP contribution in [-0.2, 0) is 0 Å². The summed E-state index contributed by atoms with van der Waals surface area (Å²) in [5.41, 5.74) is 6.43. The van der Waals surface area contributed by atoms with Crippen molar-refractivity contribution in [1.29, 1.82) is 0 Å². The van der Waals surface area contributed by atoms with Crippen LogP contribution < -0.4 is 5.73 Å². The number of nitrogens with two attached hydrogens (primary N) is 1. The third kappa shape index (κ3) is 1.90. The van der Waals surface area contributed by atoms with E-state index in [9.17, 15) is 10.2 Å². The molecule has 1 rings (SSSR count). The Balaban J connectivity index is 3.12. The van der Waals surface area contributed by atoms with Crippen LogP contribution in [0.5, 0.6) is 17.2 Å². The van der Waals surface area contributed by atoms with Crippen LogP contribution in [-0.4, -0.2) is 15.3 Å². The van der Waals surface area contributed by atoms with Gasteiger partial charge in [-0.2, -0.15) is 0 Å². The van der Waals surface area contributed by atoms with Crippen LogP contribution in [0.25, 0.3) is 0 Å². The van der Waals surface area contributed by atoms with Crippen molar-refractivity contribution in [3.05, 3.63) is 17.7 Å². The second-order valence-corrected chi connectivity index (χ2v) is 3.68. The molecule has 0 amide bonds. The van der Waals surface area contributed by atoms with Crippen molar-refractivity contribution >= 4 is 0 Å². The molecule has 5 N–H and O–H groups in total. The molecule has 78 valence electrons. The smallest absolute Gasteiger partial charge is 0.200 e. The van der Waals surface area contributed by atoms with Gasteiger partial charge in [-0.15, -0.1) is 0 Å². The van der Waals surface area contributed by atoms with Gasteiger partial charge in [-0.25, -0.2) is 0 Å². The molecule has 0 radical (unpaired) electrons. The Kier molecular flexibility index (Phi) is 2.86. The van der Waals surface area contributed by atoms with Gasteiger partial charge in [0.25, 0.3) is 0 Å². The topological polar surface area (TPSA) is 86.7 Å². The van der Waals surface area contributed by atoms with Crippen LogP contribution in [0.3, 0.4) is 0 Å². The van der Waals surface area contributed by atoms with Crippen molar-refractivity contribution in [3.8, 4) is 17.2 Å². The summed E-state index contributed by atoms with van der Waals surface area (Å²) in [6.45, 7) is 3.87. The van der Waals surface area contributed by atoms with E-state index in [1.165, 1.54) is 12.1 Å². The van der Waals surface area contributed by atoms with E-state index in [1.807, 2.05) is 13.8 Å². The van der Waals surface area contributed by atoms with Crippen LogP contribution >= 0.6 is 0 Å². The molecule has 0 aromatic heterocycles. The molecular formula is C10H15NO3. The fourth-order valence-electron chi connectivity index (χ4n) is 1.20. The van der Waals surface area contributed by atoms with Gasteiger partial charge in [-0.05, 0) is 23.6 Å². The van der Waals surface area contributed by atoms with E-state index in [0.717, 1.165) is 0 Å². The van der Waals surface area contributed by atoms with Crippen LogP contribution in [0, 0.1) is 5.92 Å². The first kappa shape index (κ1) is 10.7. The summed E-state index contributed by atoms with van der Waals surface area (Å²) < 4.78 is 0. The van der Waals surface area contributed by atoms with Crippen LogP contribution in [0.4, 0.5) is 0 Å². The lowest BCUT2D eigenvalue weighted by Crippen LogP contribution is -2.16. The summed E-state index contributed by atoms with van der Waals surface area (Å²) in [5, 5.41) is 27.6. The monoisotopic (exact) mass is 197 g/mol. The summed E-state index contributed by atoms with van der Waals surface area (Å²) in [7, 11) is 0. The molecule has 0 heterocycles. The fourth-order valence-corrected chi connectivity index (χ4v) is 1.20. The first-order valence-electron chi connectivity index (χ1n) is 4.44. The number of phenols is 3. The molecule has 4 nitrogen and oxygen atoms in total. The van der Waals surface area contributed by atoms with Crippen LogP contribution in [0.1, 0.15) is 25.5 Å². The zero-order valence-electron chi connectivity index (χ0n) is 8.23. The lowest BCUT2D eigenvalue weighted by Gasteiger charge is -2.16. The molecule has 1 aromatic rings. The Hall–Kier alpha value is -1.42. The molecule has 0 aliphatic rings. The Morgan fingerprint density at radius 3 is 1.86 bits per heavy atom. The van der Waals surface area contributed by atoms with Crippen molar-refractivity contribution in [2.45, 2.75) is 19.9 Å². The maximum absolute atomic E-state index is 9.25. The molecular weight excluding hydrogens is 182 g/mol. The SMILES string of the molecule is CC(C)C(N)c1cc(O)c(O)c(O)c1. The number of benzene rings is 1. The molecule has 1 aromatic carbocycles. The third-order valence-electron chi connectivity index (χ3n) is 2.20. The molecule has 4 heteroatoms. The summed E-state index contributed by atoms with van der Waals surface area (Å²) in [5.74, 6) is -1.02. The number of phenolic OH excluding ortho intramolecular Hbond substituents is 3. The minimum absolute atomic E-state index is 0.193. The molecule has 0 saturated heterocycles. The second kappa shape index (κ2) is 3.75. The average Bonchev–Trinajstić information content (AvgIpc) is 2.12. The normalized spacial score (nSPS) is 13.1. The van der Waals surface area contributed by atoms with E-state index in [0.29, 0.717) is 5.56 Å². The fraction of sp³-hybridized carbons (Fsp3) is 0.400. The van der Waals surface area contributed by atoms with Gasteiger partial charge in [0.1, 0.15) is 0 Å². The maximum Gasteiger partial charge on any atom is 0.200 e. The second-order valence-electron chi connectivity index (χ2n) is 3.68. The number of aromatic hydroxyl groups is 3. The van der Waals surface area contributed by atoms with Gasteiger partial charge < -0.3 is 21.1 Å². The van der Waals surface area contributed by atoms with E-state index in [-0.39, 0.29) is 23.5 Å². The van der Waals surface area contributed by atoms with Crippen molar-refractivity contribution < 1.29 is 15.3 Å². The van der Waals surface area contributed by atoms with Crippen LogP contribution in [0.2, 0.25) is 0 Å². The van der Waals surface area contributed by atoms with Gasteiger partial charge in [-0.3, -0.25) is 0 Å². The standard InChI is InChI=1S/C10H15NO3/c1-5(2)9(11)6-3-7(12)10(14)8(13)4-6/h3-5,9,12-14H,11H2,1-2H3. The highest BCUT2D eigenvalue weighted by Crippen LogP contribution is 2.37. The zero-order valence-corrected chi connectivity index (χ0v) is 8.23. The van der Waals surface area contributed by atoms with Crippen LogP contribution in [0.15, 0.2) is 12.1 Å². The van der Waals surface area contributed by atoms with Gasteiger partial charge in [0.15, 0.2) is 17.2 Å². The number of hydrogen-bond acceptors (Lipinski definition) is 4. The lowest BCUT2D eigenvalue weighted by atomic mass is 9.96. The number of hydrogen-bond donors (Lipinski definition) is 4. The Bertz CT molecular complexity index is 313. The summed E-state index contributed by atoms with van der Waals surface area (Å²) in [6, 6.07) is 2.45. The van der Waals surface area contributed by atoms with E-state index in [2.05, 4.69) is 0 Å². The first-order chi connectivity index (χ1) is 6.43. The Labute approximate surface area is 82.6 Å². The summed E-state index contributed by atoms with van der Waals surface area (Å²) in [4.78, 5) is 0. The molecule has 0 fully saturated rings. The highest BCUT2D eigenvalue weighted by molar-refractivity contribution is 5.51. The average molecular weight is 197 g/mol. The van der Waals surface area contributed by atoms with E-state index >= 15 is 0 Å². The van der Waals surface area contributed by atoms with E-state index in [1.54, 1.807) is 0 Å². The van der Waals surface area contributed by atoms with E-state index in [4.69, 9.17) is 10.8 Å².